The highest BCUT2D eigenvalue weighted by molar-refractivity contribution is 5.79. The molecular weight excluding hydrogens is 260 g/mol. The zero-order valence-corrected chi connectivity index (χ0v) is 11.3. The van der Waals surface area contributed by atoms with Crippen LogP contribution in [0.1, 0.15) is 25.5 Å². The number of unbranched alkanes of at least 4 members (excludes halogenated alkanes) is 1. The van der Waals surface area contributed by atoms with Crippen molar-refractivity contribution >= 4 is 17.4 Å². The van der Waals surface area contributed by atoms with Crippen LogP contribution in [0, 0.1) is 0 Å². The number of carbonyl (C=O) groups is 1. The molecule has 0 fully saturated rings. The Bertz CT molecular complexity index is 609. The van der Waals surface area contributed by atoms with Gasteiger partial charge in [-0.1, -0.05) is 13.3 Å². The molecule has 2 aromatic rings. The van der Waals surface area contributed by atoms with Crippen LogP contribution in [-0.4, -0.2) is 32.2 Å². The van der Waals surface area contributed by atoms with Crippen molar-refractivity contribution in [3.8, 4) is 5.75 Å². The zero-order valence-electron chi connectivity index (χ0n) is 11.3. The summed E-state index contributed by atoms with van der Waals surface area (Å²) in [5.74, 6) is 0.0844. The molecule has 20 heavy (non-hydrogen) atoms. The minimum Gasteiger partial charge on any atom is -0.504 e. The molecule has 0 radical (unpaired) electrons. The summed E-state index contributed by atoms with van der Waals surface area (Å²) in [4.78, 5) is 15.4. The fraction of sp³-hybridized carbons (Fsp3) is 0.385. The SMILES string of the molecule is CCCCc1c(NCC(=O)NO)nc2c(O)cccn12. The predicted molar refractivity (Wildman–Crippen MR) is 73.9 cm³/mol. The first-order chi connectivity index (χ1) is 9.67. The van der Waals surface area contributed by atoms with E-state index in [4.69, 9.17) is 5.21 Å². The molecule has 0 saturated heterocycles. The van der Waals surface area contributed by atoms with Gasteiger partial charge in [-0.25, -0.2) is 10.5 Å². The van der Waals surface area contributed by atoms with Crippen LogP contribution in [0.5, 0.6) is 5.75 Å². The number of anilines is 1. The Labute approximate surface area is 116 Å². The maximum absolute atomic E-state index is 11.1. The number of aryl methyl sites for hydroxylation is 1. The summed E-state index contributed by atoms with van der Waals surface area (Å²) in [6.07, 6.45) is 4.61. The number of carbonyl (C=O) groups excluding carboxylic acids is 1. The smallest absolute Gasteiger partial charge is 0.262 e. The summed E-state index contributed by atoms with van der Waals surface area (Å²) in [5.41, 5.74) is 2.91. The lowest BCUT2D eigenvalue weighted by Gasteiger charge is -2.06. The van der Waals surface area contributed by atoms with E-state index >= 15 is 0 Å². The van der Waals surface area contributed by atoms with Gasteiger partial charge in [-0.15, -0.1) is 0 Å². The second-order valence-corrected chi connectivity index (χ2v) is 4.49. The molecule has 0 saturated carbocycles. The van der Waals surface area contributed by atoms with Crippen LogP contribution in [-0.2, 0) is 11.2 Å². The van der Waals surface area contributed by atoms with Crippen molar-refractivity contribution in [2.45, 2.75) is 26.2 Å². The molecule has 0 unspecified atom stereocenters. The number of imidazole rings is 1. The van der Waals surface area contributed by atoms with Crippen molar-refractivity contribution in [2.75, 3.05) is 11.9 Å². The molecule has 4 N–H and O–H groups in total. The van der Waals surface area contributed by atoms with Crippen LogP contribution in [0.4, 0.5) is 5.82 Å². The summed E-state index contributed by atoms with van der Waals surface area (Å²) in [6.45, 7) is 2.01. The molecule has 1 amide bonds. The quantitative estimate of drug-likeness (QED) is 0.471. The van der Waals surface area contributed by atoms with Gasteiger partial charge in [-0.05, 0) is 25.0 Å². The summed E-state index contributed by atoms with van der Waals surface area (Å²) >= 11 is 0. The number of fused-ring (bicyclic) bond motifs is 1. The Morgan fingerprint density at radius 1 is 1.50 bits per heavy atom. The third-order valence-corrected chi connectivity index (χ3v) is 3.04. The van der Waals surface area contributed by atoms with Crippen molar-refractivity contribution in [2.24, 2.45) is 0 Å². The number of aromatic hydroxyl groups is 1. The van der Waals surface area contributed by atoms with Crippen molar-refractivity contribution in [1.82, 2.24) is 14.9 Å². The van der Waals surface area contributed by atoms with Gasteiger partial charge in [0.05, 0.1) is 12.2 Å². The first-order valence-corrected chi connectivity index (χ1v) is 6.53. The van der Waals surface area contributed by atoms with Crippen LogP contribution in [0.15, 0.2) is 18.3 Å². The molecule has 0 bridgehead atoms. The first-order valence-electron chi connectivity index (χ1n) is 6.53. The van der Waals surface area contributed by atoms with E-state index in [-0.39, 0.29) is 12.3 Å². The maximum Gasteiger partial charge on any atom is 0.262 e. The number of aromatic nitrogens is 2. The summed E-state index contributed by atoms with van der Waals surface area (Å²) in [5, 5.41) is 21.2. The number of pyridine rings is 1. The third-order valence-electron chi connectivity index (χ3n) is 3.04. The van der Waals surface area contributed by atoms with Crippen molar-refractivity contribution in [3.63, 3.8) is 0 Å². The first kappa shape index (κ1) is 14.1. The lowest BCUT2D eigenvalue weighted by atomic mass is 10.2. The number of hydrogen-bond donors (Lipinski definition) is 4. The van der Waals surface area contributed by atoms with E-state index in [1.807, 2.05) is 10.6 Å². The van der Waals surface area contributed by atoms with E-state index in [1.165, 1.54) is 0 Å². The molecule has 2 rings (SSSR count). The van der Waals surface area contributed by atoms with Gasteiger partial charge in [0.1, 0.15) is 5.82 Å². The number of hydrogen-bond acceptors (Lipinski definition) is 5. The lowest BCUT2D eigenvalue weighted by Crippen LogP contribution is -2.27. The second-order valence-electron chi connectivity index (χ2n) is 4.49. The van der Waals surface area contributed by atoms with Gasteiger partial charge in [-0.3, -0.25) is 14.4 Å². The Morgan fingerprint density at radius 3 is 3.00 bits per heavy atom. The fourth-order valence-corrected chi connectivity index (χ4v) is 2.03. The van der Waals surface area contributed by atoms with Gasteiger partial charge in [0, 0.05) is 6.20 Å². The molecule has 0 atom stereocenters. The average Bonchev–Trinajstić information content (AvgIpc) is 2.81. The molecule has 2 aromatic heterocycles. The van der Waals surface area contributed by atoms with Crippen molar-refractivity contribution in [3.05, 3.63) is 24.0 Å². The fourth-order valence-electron chi connectivity index (χ4n) is 2.03. The standard InChI is InChI=1S/C13H18N4O3/c1-2-3-5-9-12(14-8-11(19)16-20)15-13-10(18)6-4-7-17(9)13/h4,6-7,14,18,20H,2-3,5,8H2,1H3,(H,16,19). The minimum atomic E-state index is -0.548. The predicted octanol–water partition coefficient (Wildman–Crippen LogP) is 1.30. The van der Waals surface area contributed by atoms with Crippen LogP contribution in [0.2, 0.25) is 0 Å². The van der Waals surface area contributed by atoms with E-state index in [2.05, 4.69) is 17.2 Å². The van der Waals surface area contributed by atoms with Gasteiger partial charge < -0.3 is 10.4 Å². The van der Waals surface area contributed by atoms with Crippen LogP contribution in [0.3, 0.4) is 0 Å². The van der Waals surface area contributed by atoms with E-state index in [1.54, 1.807) is 17.6 Å². The normalized spacial score (nSPS) is 10.7. The molecule has 7 heteroatoms. The Morgan fingerprint density at radius 2 is 2.30 bits per heavy atom. The van der Waals surface area contributed by atoms with E-state index < -0.39 is 5.91 Å². The van der Waals surface area contributed by atoms with Gasteiger partial charge in [0.2, 0.25) is 0 Å². The number of rotatable bonds is 6. The third kappa shape index (κ3) is 2.83. The Hall–Kier alpha value is -2.28. The molecule has 0 aromatic carbocycles. The summed E-state index contributed by atoms with van der Waals surface area (Å²) < 4.78 is 1.81. The van der Waals surface area contributed by atoms with Crippen LogP contribution >= 0.6 is 0 Å². The van der Waals surface area contributed by atoms with E-state index in [9.17, 15) is 9.90 Å². The molecule has 0 aliphatic carbocycles. The lowest BCUT2D eigenvalue weighted by molar-refractivity contribution is -0.127. The Balaban J connectivity index is 2.35. The highest BCUT2D eigenvalue weighted by Gasteiger charge is 2.14. The van der Waals surface area contributed by atoms with Crippen molar-refractivity contribution < 1.29 is 15.1 Å². The van der Waals surface area contributed by atoms with Crippen LogP contribution < -0.4 is 10.8 Å². The van der Waals surface area contributed by atoms with Crippen LogP contribution in [0.25, 0.3) is 5.65 Å². The topological polar surface area (TPSA) is 98.9 Å². The van der Waals surface area contributed by atoms with Crippen molar-refractivity contribution in [1.29, 1.82) is 0 Å². The maximum atomic E-state index is 11.1. The summed E-state index contributed by atoms with van der Waals surface area (Å²) in [6, 6.07) is 3.31. The van der Waals surface area contributed by atoms with Gasteiger partial charge in [0.25, 0.3) is 5.91 Å². The number of nitrogens with one attached hydrogen (secondary N) is 2. The molecule has 0 aliphatic rings. The average molecular weight is 278 g/mol. The van der Waals surface area contributed by atoms with E-state index in [0.29, 0.717) is 11.5 Å². The number of nitrogens with zero attached hydrogens (tertiary/aromatic N) is 2. The molecular formula is C13H18N4O3. The number of amides is 1. The second kappa shape index (κ2) is 6.25. The largest absolute Gasteiger partial charge is 0.504 e. The molecule has 108 valence electrons. The van der Waals surface area contributed by atoms with Gasteiger partial charge in [0.15, 0.2) is 11.4 Å². The van der Waals surface area contributed by atoms with Gasteiger partial charge >= 0.3 is 0 Å². The summed E-state index contributed by atoms with van der Waals surface area (Å²) in [7, 11) is 0. The molecule has 0 spiro atoms. The molecule has 7 nitrogen and oxygen atoms in total. The monoisotopic (exact) mass is 278 g/mol. The minimum absolute atomic E-state index is 0.0831. The molecule has 2 heterocycles. The zero-order chi connectivity index (χ0) is 14.5. The Kier molecular flexibility index (Phi) is 4.41. The highest BCUT2D eigenvalue weighted by Crippen LogP contribution is 2.25. The van der Waals surface area contributed by atoms with Gasteiger partial charge in [-0.2, -0.15) is 0 Å². The molecule has 0 aliphatic heterocycles. The highest BCUT2D eigenvalue weighted by atomic mass is 16.5. The number of hydroxylamine groups is 1. The van der Waals surface area contributed by atoms with E-state index in [0.717, 1.165) is 25.0 Å².